The van der Waals surface area contributed by atoms with E-state index in [2.05, 4.69) is 15.3 Å². The molecular weight excluding hydrogens is 269 g/mol. The molecule has 0 aliphatic carbocycles. The molecule has 0 radical (unpaired) electrons. The summed E-state index contributed by atoms with van der Waals surface area (Å²) in [6.45, 7) is 4.38. The van der Waals surface area contributed by atoms with E-state index >= 15 is 0 Å². The summed E-state index contributed by atoms with van der Waals surface area (Å²) >= 11 is 0. The average Bonchev–Trinajstić information content (AvgIpc) is 2.45. The first-order valence-corrected chi connectivity index (χ1v) is 6.90. The van der Waals surface area contributed by atoms with Gasteiger partial charge in [0.1, 0.15) is 5.69 Å². The molecule has 0 bridgehead atoms. The highest BCUT2D eigenvalue weighted by atomic mass is 19.4. The van der Waals surface area contributed by atoms with Gasteiger partial charge in [-0.15, -0.1) is 0 Å². The van der Waals surface area contributed by atoms with Crippen molar-refractivity contribution in [1.29, 1.82) is 0 Å². The Morgan fingerprint density at radius 2 is 2.25 bits per heavy atom. The lowest BCUT2D eigenvalue weighted by Crippen LogP contribution is -2.47. The molecule has 1 N–H and O–H groups in total. The van der Waals surface area contributed by atoms with Gasteiger partial charge in [0.15, 0.2) is 0 Å². The topological polar surface area (TPSA) is 41.1 Å². The molecule has 4 nitrogen and oxygen atoms in total. The molecule has 0 aromatic carbocycles. The molecule has 2 rings (SSSR count). The van der Waals surface area contributed by atoms with Crippen LogP contribution in [0.1, 0.15) is 31.9 Å². The van der Waals surface area contributed by atoms with Gasteiger partial charge in [-0.3, -0.25) is 0 Å². The molecule has 1 atom stereocenters. The van der Waals surface area contributed by atoms with E-state index in [1.54, 1.807) is 0 Å². The fourth-order valence-corrected chi connectivity index (χ4v) is 2.43. The number of nitrogens with one attached hydrogen (secondary N) is 1. The Bertz CT molecular complexity index is 430. The first-order valence-electron chi connectivity index (χ1n) is 6.90. The van der Waals surface area contributed by atoms with Gasteiger partial charge >= 0.3 is 6.18 Å². The van der Waals surface area contributed by atoms with Crippen molar-refractivity contribution in [3.05, 3.63) is 18.0 Å². The van der Waals surface area contributed by atoms with Crippen LogP contribution in [0.25, 0.3) is 0 Å². The zero-order valence-electron chi connectivity index (χ0n) is 11.5. The van der Waals surface area contributed by atoms with Crippen LogP contribution in [-0.4, -0.2) is 35.6 Å². The smallest absolute Gasteiger partial charge is 0.337 e. The molecule has 0 spiro atoms. The summed E-state index contributed by atoms with van der Waals surface area (Å²) in [5.74, 6) is 0.176. The highest BCUT2D eigenvalue weighted by molar-refractivity contribution is 5.33. The summed E-state index contributed by atoms with van der Waals surface area (Å²) in [6.07, 6.45) is -0.434. The van der Waals surface area contributed by atoms with Crippen molar-refractivity contribution in [2.75, 3.05) is 24.5 Å². The Balaban J connectivity index is 2.24. The van der Waals surface area contributed by atoms with Gasteiger partial charge in [-0.05, 0) is 31.9 Å². The Hall–Kier alpha value is -1.37. The summed E-state index contributed by atoms with van der Waals surface area (Å²) < 4.78 is 38.2. The molecule has 1 aliphatic rings. The predicted molar refractivity (Wildman–Crippen MR) is 70.6 cm³/mol. The SMILES string of the molecule is CCCN(c1nccc(C(F)(F)F)n1)C1CCCNC1. The first kappa shape index (κ1) is 15.0. The van der Waals surface area contributed by atoms with Gasteiger partial charge in [0.2, 0.25) is 5.95 Å². The van der Waals surface area contributed by atoms with E-state index in [0.717, 1.165) is 38.4 Å². The van der Waals surface area contributed by atoms with Crippen LogP contribution in [0.15, 0.2) is 12.3 Å². The average molecular weight is 288 g/mol. The second-order valence-corrected chi connectivity index (χ2v) is 4.93. The van der Waals surface area contributed by atoms with Gasteiger partial charge in [-0.1, -0.05) is 6.92 Å². The van der Waals surface area contributed by atoms with Crippen LogP contribution in [0.2, 0.25) is 0 Å². The van der Waals surface area contributed by atoms with Crippen molar-refractivity contribution in [2.24, 2.45) is 0 Å². The summed E-state index contributed by atoms with van der Waals surface area (Å²) in [6, 6.07) is 1.07. The Kier molecular flexibility index (Phi) is 4.80. The van der Waals surface area contributed by atoms with Gasteiger partial charge in [-0.2, -0.15) is 13.2 Å². The fraction of sp³-hybridized carbons (Fsp3) is 0.692. The van der Waals surface area contributed by atoms with Crippen LogP contribution in [0.3, 0.4) is 0 Å². The van der Waals surface area contributed by atoms with Gasteiger partial charge in [0.05, 0.1) is 0 Å². The zero-order chi connectivity index (χ0) is 14.6. The minimum Gasteiger partial charge on any atom is -0.337 e. The maximum Gasteiger partial charge on any atom is 0.433 e. The van der Waals surface area contributed by atoms with Gasteiger partial charge in [-0.25, -0.2) is 9.97 Å². The molecule has 7 heteroatoms. The first-order chi connectivity index (χ1) is 9.52. The number of hydrogen-bond acceptors (Lipinski definition) is 4. The van der Waals surface area contributed by atoms with E-state index in [4.69, 9.17) is 0 Å². The lowest BCUT2D eigenvalue weighted by Gasteiger charge is -2.34. The summed E-state index contributed by atoms with van der Waals surface area (Å²) in [5, 5.41) is 3.27. The van der Waals surface area contributed by atoms with Gasteiger partial charge in [0, 0.05) is 25.3 Å². The van der Waals surface area contributed by atoms with E-state index in [1.165, 1.54) is 6.20 Å². The monoisotopic (exact) mass is 288 g/mol. The van der Waals surface area contributed by atoms with E-state index in [0.29, 0.717) is 6.54 Å². The number of halogens is 3. The molecule has 2 heterocycles. The third-order valence-electron chi connectivity index (χ3n) is 3.37. The number of anilines is 1. The molecule has 1 unspecified atom stereocenters. The van der Waals surface area contributed by atoms with Crippen molar-refractivity contribution in [2.45, 2.75) is 38.4 Å². The van der Waals surface area contributed by atoms with Crippen molar-refractivity contribution in [3.8, 4) is 0 Å². The van der Waals surface area contributed by atoms with E-state index in [-0.39, 0.29) is 12.0 Å². The zero-order valence-corrected chi connectivity index (χ0v) is 11.5. The Labute approximate surface area is 116 Å². The fourth-order valence-electron chi connectivity index (χ4n) is 2.43. The molecule has 20 heavy (non-hydrogen) atoms. The minimum atomic E-state index is -4.43. The Morgan fingerprint density at radius 1 is 1.45 bits per heavy atom. The third-order valence-corrected chi connectivity index (χ3v) is 3.37. The summed E-state index contributed by atoms with van der Waals surface area (Å²) in [4.78, 5) is 9.62. The standard InChI is InChI=1S/C13H19F3N4/c1-2-8-20(10-4-3-6-17-9-10)12-18-7-5-11(19-12)13(14,15)16/h5,7,10,17H,2-4,6,8-9H2,1H3. The van der Waals surface area contributed by atoms with Crippen LogP contribution < -0.4 is 10.2 Å². The quantitative estimate of drug-likeness (QED) is 0.924. The van der Waals surface area contributed by atoms with Crippen LogP contribution in [0.4, 0.5) is 19.1 Å². The van der Waals surface area contributed by atoms with Gasteiger partial charge in [0.25, 0.3) is 0 Å². The molecule has 0 amide bonds. The molecule has 1 aromatic rings. The highest BCUT2D eigenvalue weighted by Crippen LogP contribution is 2.28. The van der Waals surface area contributed by atoms with Crippen LogP contribution in [0.5, 0.6) is 0 Å². The molecule has 1 aromatic heterocycles. The molecule has 1 aliphatic heterocycles. The second kappa shape index (κ2) is 6.39. The molecular formula is C13H19F3N4. The highest BCUT2D eigenvalue weighted by Gasteiger charge is 2.33. The number of nitrogens with zero attached hydrogens (tertiary/aromatic N) is 3. The largest absolute Gasteiger partial charge is 0.433 e. The summed E-state index contributed by atoms with van der Waals surface area (Å²) in [7, 11) is 0. The van der Waals surface area contributed by atoms with E-state index in [9.17, 15) is 13.2 Å². The van der Waals surface area contributed by atoms with Crippen LogP contribution >= 0.6 is 0 Å². The number of hydrogen-bond donors (Lipinski definition) is 1. The molecule has 1 fully saturated rings. The lowest BCUT2D eigenvalue weighted by molar-refractivity contribution is -0.141. The number of piperidine rings is 1. The number of alkyl halides is 3. The second-order valence-electron chi connectivity index (χ2n) is 4.93. The van der Waals surface area contributed by atoms with Crippen molar-refractivity contribution >= 4 is 5.95 Å². The summed E-state index contributed by atoms with van der Waals surface area (Å²) in [5.41, 5.74) is -0.882. The number of aromatic nitrogens is 2. The van der Waals surface area contributed by atoms with Gasteiger partial charge < -0.3 is 10.2 Å². The minimum absolute atomic E-state index is 0.159. The maximum absolute atomic E-state index is 12.7. The van der Waals surface area contributed by atoms with Crippen LogP contribution in [-0.2, 0) is 6.18 Å². The molecule has 112 valence electrons. The van der Waals surface area contributed by atoms with Crippen molar-refractivity contribution in [3.63, 3.8) is 0 Å². The van der Waals surface area contributed by atoms with Crippen molar-refractivity contribution < 1.29 is 13.2 Å². The van der Waals surface area contributed by atoms with E-state index in [1.807, 2.05) is 11.8 Å². The van der Waals surface area contributed by atoms with Crippen LogP contribution in [0, 0.1) is 0 Å². The van der Waals surface area contributed by atoms with E-state index < -0.39 is 11.9 Å². The molecule has 1 saturated heterocycles. The maximum atomic E-state index is 12.7. The lowest BCUT2D eigenvalue weighted by atomic mass is 10.1. The normalized spacial score (nSPS) is 19.9. The molecule has 0 saturated carbocycles. The third kappa shape index (κ3) is 3.59. The van der Waals surface area contributed by atoms with Crippen molar-refractivity contribution in [1.82, 2.24) is 15.3 Å². The predicted octanol–water partition coefficient (Wildman–Crippen LogP) is 2.46. The Morgan fingerprint density at radius 3 is 2.85 bits per heavy atom. The number of rotatable bonds is 4.